The summed E-state index contributed by atoms with van der Waals surface area (Å²) < 4.78 is 12.3. The Bertz CT molecular complexity index is 590. The molecule has 2 unspecified atom stereocenters. The van der Waals surface area contributed by atoms with Crippen LogP contribution in [0.4, 0.5) is 0 Å². The zero-order chi connectivity index (χ0) is 25.0. The Labute approximate surface area is 216 Å². The highest BCUT2D eigenvalue weighted by Gasteiger charge is 2.29. The van der Waals surface area contributed by atoms with E-state index in [1.54, 1.807) is 0 Å². The molecule has 1 aromatic carbocycles. The van der Waals surface area contributed by atoms with Crippen molar-refractivity contribution in [3.63, 3.8) is 0 Å². The minimum absolute atomic E-state index is 0.0140. The van der Waals surface area contributed by atoms with E-state index in [1.807, 2.05) is 0 Å². The summed E-state index contributed by atoms with van der Waals surface area (Å²) >= 11 is 0. The molecule has 1 aromatic rings. The quantitative estimate of drug-likeness (QED) is 0.175. The van der Waals surface area contributed by atoms with Crippen LogP contribution in [0.5, 0.6) is 0 Å². The van der Waals surface area contributed by atoms with Crippen LogP contribution in [0.15, 0.2) is 30.3 Å². The number of aliphatic hydroxyl groups excluding tert-OH is 1. The molecule has 2 N–H and O–H groups in total. The lowest BCUT2D eigenvalue weighted by molar-refractivity contribution is -0.0758. The zero-order valence-corrected chi connectivity index (χ0v) is 22.9. The molecule has 0 aromatic heterocycles. The lowest BCUT2D eigenvalue weighted by Crippen LogP contribution is -2.48. The van der Waals surface area contributed by atoms with E-state index in [4.69, 9.17) is 9.47 Å². The largest absolute Gasteiger partial charge is 0.389 e. The van der Waals surface area contributed by atoms with Gasteiger partial charge in [0.25, 0.3) is 0 Å². The molecule has 4 heteroatoms. The maximum atomic E-state index is 11.0. The summed E-state index contributed by atoms with van der Waals surface area (Å²) in [5.74, 6) is 0. The monoisotopic (exact) mass is 489 g/mol. The van der Waals surface area contributed by atoms with E-state index in [2.05, 4.69) is 49.5 Å². The van der Waals surface area contributed by atoms with Gasteiger partial charge in [-0.15, -0.1) is 0 Å². The Morgan fingerprint density at radius 3 is 2.26 bits per heavy atom. The second kappa shape index (κ2) is 20.2. The van der Waals surface area contributed by atoms with Crippen LogP contribution in [0.3, 0.4) is 0 Å². The van der Waals surface area contributed by atoms with Gasteiger partial charge in [-0.25, -0.2) is 0 Å². The molecule has 4 nitrogen and oxygen atoms in total. The highest BCUT2D eigenvalue weighted by Crippen LogP contribution is 2.20. The van der Waals surface area contributed by atoms with Crippen LogP contribution in [0, 0.1) is 0 Å². The maximum absolute atomic E-state index is 11.0. The molecule has 202 valence electrons. The molecule has 1 aliphatic heterocycles. The van der Waals surface area contributed by atoms with Crippen molar-refractivity contribution in [2.45, 2.75) is 148 Å². The van der Waals surface area contributed by atoms with Crippen molar-refractivity contribution in [2.75, 3.05) is 13.2 Å². The average molecular weight is 490 g/mol. The summed E-state index contributed by atoms with van der Waals surface area (Å²) in [6.45, 7) is 6.82. The van der Waals surface area contributed by atoms with Gasteiger partial charge in [0.1, 0.15) is 0 Å². The molecule has 0 saturated carbocycles. The summed E-state index contributed by atoms with van der Waals surface area (Å²) in [6, 6.07) is 10.6. The highest BCUT2D eigenvalue weighted by atomic mass is 16.5. The minimum Gasteiger partial charge on any atom is -0.389 e. The predicted molar refractivity (Wildman–Crippen MR) is 148 cm³/mol. The Morgan fingerprint density at radius 2 is 1.60 bits per heavy atom. The molecule has 1 heterocycles. The molecule has 0 radical (unpaired) electrons. The number of ether oxygens (including phenoxy) is 2. The van der Waals surface area contributed by atoms with Crippen molar-refractivity contribution in [2.24, 2.45) is 0 Å². The summed E-state index contributed by atoms with van der Waals surface area (Å²) in [6.07, 6.45) is 19.4. The summed E-state index contributed by atoms with van der Waals surface area (Å²) in [7, 11) is 0. The smallest absolute Gasteiger partial charge is 0.0954 e. The van der Waals surface area contributed by atoms with Gasteiger partial charge in [0.05, 0.1) is 24.9 Å². The first-order valence-corrected chi connectivity index (χ1v) is 14.9. The van der Waals surface area contributed by atoms with Crippen molar-refractivity contribution < 1.29 is 14.6 Å². The molecule has 0 bridgehead atoms. The molecule has 0 spiro atoms. The Hall–Kier alpha value is -0.940. The third-order valence-corrected chi connectivity index (χ3v) is 7.44. The van der Waals surface area contributed by atoms with Crippen LogP contribution in [0.2, 0.25) is 0 Å². The second-order valence-corrected chi connectivity index (χ2v) is 10.6. The minimum atomic E-state index is -0.420. The first-order chi connectivity index (χ1) is 17.2. The topological polar surface area (TPSA) is 50.7 Å². The van der Waals surface area contributed by atoms with Crippen LogP contribution in [0.25, 0.3) is 0 Å². The predicted octanol–water partition coefficient (Wildman–Crippen LogP) is 7.57. The fourth-order valence-electron chi connectivity index (χ4n) is 5.21. The van der Waals surface area contributed by atoms with Crippen LogP contribution in [0.1, 0.15) is 122 Å². The molecule has 0 aliphatic carbocycles. The maximum Gasteiger partial charge on any atom is 0.0954 e. The number of hydrogen-bond acceptors (Lipinski definition) is 4. The number of hydrogen-bond donors (Lipinski definition) is 2. The fraction of sp³-hybridized carbons (Fsp3) is 0.806. The first-order valence-electron chi connectivity index (χ1n) is 14.9. The summed E-state index contributed by atoms with van der Waals surface area (Å²) in [5, 5.41) is 14.6. The number of benzene rings is 1. The summed E-state index contributed by atoms with van der Waals surface area (Å²) in [4.78, 5) is 0. The number of unbranched alkanes of at least 4 members (excludes halogenated alkanes) is 8. The van der Waals surface area contributed by atoms with Crippen LogP contribution in [-0.4, -0.2) is 42.6 Å². The molecule has 1 aliphatic rings. The van der Waals surface area contributed by atoms with Crippen LogP contribution >= 0.6 is 0 Å². The van der Waals surface area contributed by atoms with E-state index in [-0.39, 0.29) is 18.2 Å². The Morgan fingerprint density at radius 1 is 0.886 bits per heavy atom. The van der Waals surface area contributed by atoms with E-state index in [9.17, 15) is 5.11 Å². The molecular weight excluding hydrogens is 434 g/mol. The van der Waals surface area contributed by atoms with E-state index in [0.717, 1.165) is 58.1 Å². The van der Waals surface area contributed by atoms with Gasteiger partial charge in [-0.05, 0) is 50.6 Å². The summed E-state index contributed by atoms with van der Waals surface area (Å²) in [5.41, 5.74) is 1.24. The molecule has 1 fully saturated rings. The van der Waals surface area contributed by atoms with E-state index < -0.39 is 6.10 Å². The Balaban J connectivity index is 1.74. The fourth-order valence-corrected chi connectivity index (χ4v) is 5.21. The van der Waals surface area contributed by atoms with Gasteiger partial charge in [0, 0.05) is 12.6 Å². The van der Waals surface area contributed by atoms with Crippen molar-refractivity contribution >= 4 is 0 Å². The Kier molecular flexibility index (Phi) is 17.4. The van der Waals surface area contributed by atoms with Crippen molar-refractivity contribution in [1.82, 2.24) is 5.32 Å². The van der Waals surface area contributed by atoms with Gasteiger partial charge in [-0.2, -0.15) is 0 Å². The molecular formula is C31H55NO3. The molecule has 2 rings (SSSR count). The number of rotatable bonds is 21. The molecule has 0 amide bonds. The van der Waals surface area contributed by atoms with Crippen LogP contribution < -0.4 is 5.32 Å². The number of aliphatic hydroxyl groups is 1. The number of nitrogens with one attached hydrogen (secondary N) is 1. The van der Waals surface area contributed by atoms with Gasteiger partial charge in [-0.3, -0.25) is 0 Å². The highest BCUT2D eigenvalue weighted by molar-refractivity contribution is 5.13. The normalized spacial score (nSPS) is 18.9. The molecule has 4 atom stereocenters. The van der Waals surface area contributed by atoms with Crippen molar-refractivity contribution in [3.05, 3.63) is 35.9 Å². The van der Waals surface area contributed by atoms with Gasteiger partial charge < -0.3 is 19.9 Å². The second-order valence-electron chi connectivity index (χ2n) is 10.6. The van der Waals surface area contributed by atoms with E-state index in [0.29, 0.717) is 6.61 Å². The van der Waals surface area contributed by atoms with Crippen molar-refractivity contribution in [3.8, 4) is 0 Å². The van der Waals surface area contributed by atoms with Crippen molar-refractivity contribution in [1.29, 1.82) is 0 Å². The average Bonchev–Trinajstić information content (AvgIpc) is 2.90. The zero-order valence-electron chi connectivity index (χ0n) is 22.9. The third-order valence-electron chi connectivity index (χ3n) is 7.44. The van der Waals surface area contributed by atoms with Crippen LogP contribution in [-0.2, 0) is 16.1 Å². The van der Waals surface area contributed by atoms with Gasteiger partial charge in [0.15, 0.2) is 0 Å². The third kappa shape index (κ3) is 13.8. The van der Waals surface area contributed by atoms with E-state index >= 15 is 0 Å². The SMILES string of the molecule is CCCCCCCCCCC[C@H](CCN[C@H](CCC)C(O)C1CCCCO1)OCc1ccccc1. The first kappa shape index (κ1) is 30.3. The van der Waals surface area contributed by atoms with Gasteiger partial charge >= 0.3 is 0 Å². The molecule has 35 heavy (non-hydrogen) atoms. The van der Waals surface area contributed by atoms with Gasteiger partial charge in [-0.1, -0.05) is 108 Å². The lowest BCUT2D eigenvalue weighted by Gasteiger charge is -2.33. The van der Waals surface area contributed by atoms with E-state index in [1.165, 1.54) is 63.4 Å². The standard InChI is InChI=1S/C31H55NO3/c1-3-5-6-7-8-9-10-11-15-21-28(35-26-27-19-13-12-14-20-27)23-24-32-29(18-4-2)31(33)30-22-16-17-25-34-30/h12-14,19-20,28-33H,3-11,15-18,21-26H2,1-2H3/t28-,29-,30?,31?/m1/s1. The lowest BCUT2D eigenvalue weighted by atomic mass is 9.95. The van der Waals surface area contributed by atoms with Gasteiger partial charge in [0.2, 0.25) is 0 Å². The molecule has 1 saturated heterocycles.